The highest BCUT2D eigenvalue weighted by Crippen LogP contribution is 2.14. The van der Waals surface area contributed by atoms with E-state index in [1.807, 2.05) is 0 Å². The first-order valence-electron chi connectivity index (χ1n) is 7.44. The van der Waals surface area contributed by atoms with E-state index in [9.17, 15) is 9.18 Å². The molecule has 0 N–H and O–H groups in total. The van der Waals surface area contributed by atoms with Crippen LogP contribution in [0.25, 0.3) is 0 Å². The van der Waals surface area contributed by atoms with Crippen LogP contribution in [-0.4, -0.2) is 37.6 Å². The molecule has 0 unspecified atom stereocenters. The zero-order valence-electron chi connectivity index (χ0n) is 13.7. The van der Waals surface area contributed by atoms with Crippen LogP contribution in [0.5, 0.6) is 5.75 Å². The van der Waals surface area contributed by atoms with E-state index in [2.05, 4.69) is 15.2 Å². The van der Waals surface area contributed by atoms with Crippen LogP contribution in [0.1, 0.15) is 22.2 Å². The standard InChI is InChI=1S/C16H16FN5O3/c1-21(7-14-20-18-10-22(14)2)16(23)13-8-25-15(19-13)9-24-12-5-3-4-11(17)6-12/h3-6,8,10H,7,9H2,1-2H3. The maximum absolute atomic E-state index is 13.1. The minimum absolute atomic E-state index is 0.0102. The van der Waals surface area contributed by atoms with Gasteiger partial charge in [-0.2, -0.15) is 0 Å². The minimum atomic E-state index is -0.397. The van der Waals surface area contributed by atoms with Crippen molar-refractivity contribution < 1.29 is 18.3 Å². The van der Waals surface area contributed by atoms with Crippen molar-refractivity contribution >= 4 is 5.91 Å². The molecule has 25 heavy (non-hydrogen) atoms. The van der Waals surface area contributed by atoms with E-state index in [0.29, 0.717) is 11.6 Å². The van der Waals surface area contributed by atoms with Crippen molar-refractivity contribution in [3.05, 3.63) is 60.1 Å². The maximum Gasteiger partial charge on any atom is 0.275 e. The second-order valence-electron chi connectivity index (χ2n) is 5.39. The molecule has 3 aromatic rings. The van der Waals surface area contributed by atoms with Gasteiger partial charge in [0.2, 0.25) is 5.89 Å². The Morgan fingerprint density at radius 2 is 2.28 bits per heavy atom. The second kappa shape index (κ2) is 7.12. The van der Waals surface area contributed by atoms with Gasteiger partial charge in [0.15, 0.2) is 18.1 Å². The van der Waals surface area contributed by atoms with E-state index in [4.69, 9.17) is 9.15 Å². The first-order valence-corrected chi connectivity index (χ1v) is 7.44. The molecule has 9 heteroatoms. The Bertz CT molecular complexity index is 876. The fraction of sp³-hybridized carbons (Fsp3) is 0.250. The Kier molecular flexibility index (Phi) is 4.73. The van der Waals surface area contributed by atoms with E-state index in [0.717, 1.165) is 0 Å². The molecule has 0 aliphatic rings. The van der Waals surface area contributed by atoms with Crippen LogP contribution in [0.3, 0.4) is 0 Å². The zero-order chi connectivity index (χ0) is 17.8. The third-order valence-electron chi connectivity index (χ3n) is 3.46. The third kappa shape index (κ3) is 4.00. The number of amides is 1. The Balaban J connectivity index is 1.60. The first kappa shape index (κ1) is 16.6. The third-order valence-corrected chi connectivity index (χ3v) is 3.46. The van der Waals surface area contributed by atoms with Crippen molar-refractivity contribution in [2.24, 2.45) is 7.05 Å². The molecule has 0 saturated heterocycles. The smallest absolute Gasteiger partial charge is 0.275 e. The summed E-state index contributed by atoms with van der Waals surface area (Å²) in [6, 6.07) is 5.73. The van der Waals surface area contributed by atoms with E-state index >= 15 is 0 Å². The normalized spacial score (nSPS) is 10.7. The van der Waals surface area contributed by atoms with E-state index in [1.54, 1.807) is 31.1 Å². The number of nitrogens with zero attached hydrogens (tertiary/aromatic N) is 5. The van der Waals surface area contributed by atoms with E-state index in [1.165, 1.54) is 29.4 Å². The summed E-state index contributed by atoms with van der Waals surface area (Å²) in [5.74, 6) is 0.508. The van der Waals surface area contributed by atoms with Crippen molar-refractivity contribution in [3.63, 3.8) is 0 Å². The lowest BCUT2D eigenvalue weighted by molar-refractivity contribution is 0.0774. The van der Waals surface area contributed by atoms with Gasteiger partial charge in [0.1, 0.15) is 24.2 Å². The first-order chi connectivity index (χ1) is 12.0. The monoisotopic (exact) mass is 345 g/mol. The van der Waals surface area contributed by atoms with Gasteiger partial charge in [-0.1, -0.05) is 6.07 Å². The number of halogens is 1. The predicted octanol–water partition coefficient (Wildman–Crippen LogP) is 1.79. The van der Waals surface area contributed by atoms with Crippen LogP contribution in [0, 0.1) is 5.82 Å². The number of carbonyl (C=O) groups excluding carboxylic acids is 1. The van der Waals surface area contributed by atoms with Gasteiger partial charge in [-0.05, 0) is 12.1 Å². The van der Waals surface area contributed by atoms with Gasteiger partial charge in [0.25, 0.3) is 5.91 Å². The molecule has 0 bridgehead atoms. The molecule has 8 nitrogen and oxygen atoms in total. The fourth-order valence-corrected chi connectivity index (χ4v) is 2.11. The number of aromatic nitrogens is 4. The van der Waals surface area contributed by atoms with Crippen molar-refractivity contribution in [2.75, 3.05) is 7.05 Å². The predicted molar refractivity (Wildman–Crippen MR) is 84.0 cm³/mol. The molecular weight excluding hydrogens is 329 g/mol. The molecule has 2 heterocycles. The number of carbonyl (C=O) groups is 1. The highest BCUT2D eigenvalue weighted by molar-refractivity contribution is 5.91. The Morgan fingerprint density at radius 1 is 1.44 bits per heavy atom. The van der Waals surface area contributed by atoms with Gasteiger partial charge in [-0.15, -0.1) is 10.2 Å². The lowest BCUT2D eigenvalue weighted by Crippen LogP contribution is -2.27. The summed E-state index contributed by atoms with van der Waals surface area (Å²) in [7, 11) is 3.43. The molecule has 0 aliphatic carbocycles. The van der Waals surface area contributed by atoms with Crippen LogP contribution in [-0.2, 0) is 20.2 Å². The molecule has 0 atom stereocenters. The van der Waals surface area contributed by atoms with Gasteiger partial charge >= 0.3 is 0 Å². The molecule has 0 aliphatic heterocycles. The minimum Gasteiger partial charge on any atom is -0.484 e. The summed E-state index contributed by atoms with van der Waals surface area (Å²) in [5, 5.41) is 7.70. The Labute approximate surface area is 142 Å². The summed E-state index contributed by atoms with van der Waals surface area (Å²) in [4.78, 5) is 17.9. The molecule has 0 saturated carbocycles. The highest BCUT2D eigenvalue weighted by atomic mass is 19.1. The van der Waals surface area contributed by atoms with Crippen molar-refractivity contribution in [1.82, 2.24) is 24.6 Å². The van der Waals surface area contributed by atoms with Crippen LogP contribution >= 0.6 is 0 Å². The van der Waals surface area contributed by atoms with Crippen molar-refractivity contribution in [1.29, 1.82) is 0 Å². The van der Waals surface area contributed by atoms with E-state index < -0.39 is 5.82 Å². The van der Waals surface area contributed by atoms with Crippen molar-refractivity contribution in [2.45, 2.75) is 13.2 Å². The van der Waals surface area contributed by atoms with Crippen LogP contribution in [0.2, 0.25) is 0 Å². The number of oxazole rings is 1. The number of ether oxygens (including phenoxy) is 1. The molecule has 130 valence electrons. The Morgan fingerprint density at radius 3 is 3.00 bits per heavy atom. The summed E-state index contributed by atoms with van der Waals surface area (Å²) < 4.78 is 25.4. The van der Waals surface area contributed by atoms with Gasteiger partial charge in [0, 0.05) is 20.2 Å². The Hall–Kier alpha value is -3.23. The fourth-order valence-electron chi connectivity index (χ4n) is 2.11. The van der Waals surface area contributed by atoms with Crippen LogP contribution < -0.4 is 4.74 Å². The number of hydrogen-bond acceptors (Lipinski definition) is 6. The van der Waals surface area contributed by atoms with Gasteiger partial charge in [0.05, 0.1) is 6.54 Å². The maximum atomic E-state index is 13.1. The SMILES string of the molecule is CN(Cc1nncn1C)C(=O)c1coc(COc2cccc(F)c2)n1. The second-order valence-corrected chi connectivity index (χ2v) is 5.39. The summed E-state index contributed by atoms with van der Waals surface area (Å²) >= 11 is 0. The quantitative estimate of drug-likeness (QED) is 0.677. The van der Waals surface area contributed by atoms with Gasteiger partial charge in [-0.3, -0.25) is 4.79 Å². The molecule has 1 aromatic carbocycles. The summed E-state index contributed by atoms with van der Waals surface area (Å²) in [5.41, 5.74) is 0.155. The average molecular weight is 345 g/mol. The van der Waals surface area contributed by atoms with Gasteiger partial charge in [-0.25, -0.2) is 9.37 Å². The lowest BCUT2D eigenvalue weighted by atomic mass is 10.3. The van der Waals surface area contributed by atoms with Crippen LogP contribution in [0.4, 0.5) is 4.39 Å². The zero-order valence-corrected chi connectivity index (χ0v) is 13.7. The highest BCUT2D eigenvalue weighted by Gasteiger charge is 2.18. The molecule has 3 rings (SSSR count). The molecule has 0 spiro atoms. The number of aryl methyl sites for hydroxylation is 1. The number of benzene rings is 1. The average Bonchev–Trinajstić information content (AvgIpc) is 3.22. The molecule has 2 aromatic heterocycles. The largest absolute Gasteiger partial charge is 0.484 e. The van der Waals surface area contributed by atoms with Crippen LogP contribution in [0.15, 0.2) is 41.3 Å². The topological polar surface area (TPSA) is 86.3 Å². The molecule has 0 fully saturated rings. The number of hydrogen-bond donors (Lipinski definition) is 0. The van der Waals surface area contributed by atoms with Gasteiger partial charge < -0.3 is 18.6 Å². The molecule has 1 amide bonds. The van der Waals surface area contributed by atoms with Crippen molar-refractivity contribution in [3.8, 4) is 5.75 Å². The van der Waals surface area contributed by atoms with E-state index in [-0.39, 0.29) is 30.6 Å². The summed E-state index contributed by atoms with van der Waals surface area (Å²) in [6.07, 6.45) is 2.82. The molecular formula is C16H16FN5O3. The molecule has 0 radical (unpaired) electrons. The number of rotatable bonds is 6. The lowest BCUT2D eigenvalue weighted by Gasteiger charge is -2.14. The summed E-state index contributed by atoms with van der Waals surface area (Å²) in [6.45, 7) is 0.279.